The highest BCUT2D eigenvalue weighted by atomic mass is 16.5. The first-order valence-electron chi connectivity index (χ1n) is 8.58. The van der Waals surface area contributed by atoms with E-state index in [0.717, 1.165) is 5.39 Å². The second-order valence-corrected chi connectivity index (χ2v) is 6.04. The number of para-hydroxylation sites is 1. The molecule has 9 heteroatoms. The van der Waals surface area contributed by atoms with Gasteiger partial charge in [-0.05, 0) is 46.8 Å². The van der Waals surface area contributed by atoms with E-state index >= 15 is 0 Å². The summed E-state index contributed by atoms with van der Waals surface area (Å²) in [6.07, 6.45) is 0. The summed E-state index contributed by atoms with van der Waals surface area (Å²) in [7, 11) is 1.55. The number of aromatic nitrogens is 4. The van der Waals surface area contributed by atoms with Crippen molar-refractivity contribution >= 4 is 22.6 Å². The van der Waals surface area contributed by atoms with Gasteiger partial charge in [0, 0.05) is 18.2 Å². The van der Waals surface area contributed by atoms with Gasteiger partial charge in [-0.15, -0.1) is 0 Å². The normalized spacial score (nSPS) is 11.0. The summed E-state index contributed by atoms with van der Waals surface area (Å²) >= 11 is 0. The van der Waals surface area contributed by atoms with Gasteiger partial charge >= 0.3 is 5.69 Å². The zero-order valence-electron chi connectivity index (χ0n) is 15.0. The highest BCUT2D eigenvalue weighted by molar-refractivity contribution is 6.04. The highest BCUT2D eigenvalue weighted by Crippen LogP contribution is 2.20. The molecule has 1 N–H and O–H groups in total. The monoisotopic (exact) mass is 379 g/mol. The van der Waals surface area contributed by atoms with E-state index in [-0.39, 0.29) is 17.4 Å². The van der Waals surface area contributed by atoms with E-state index in [9.17, 15) is 9.59 Å². The minimum atomic E-state index is -0.365. The van der Waals surface area contributed by atoms with Crippen molar-refractivity contribution in [2.75, 3.05) is 19.0 Å². The van der Waals surface area contributed by atoms with Crippen LogP contribution in [0, 0.1) is 0 Å². The van der Waals surface area contributed by atoms with E-state index < -0.39 is 0 Å². The fraction of sp³-hybridized carbons (Fsp3) is 0.158. The summed E-state index contributed by atoms with van der Waals surface area (Å²) in [5.74, 6) is -0.130. The van der Waals surface area contributed by atoms with Gasteiger partial charge in [0.2, 0.25) is 0 Å². The number of benzene rings is 2. The van der Waals surface area contributed by atoms with Gasteiger partial charge in [-0.2, -0.15) is 9.36 Å². The van der Waals surface area contributed by atoms with Gasteiger partial charge in [0.25, 0.3) is 5.91 Å². The predicted octanol–water partition coefficient (Wildman–Crippen LogP) is 2.07. The Labute approximate surface area is 159 Å². The van der Waals surface area contributed by atoms with Crippen LogP contribution in [0.25, 0.3) is 16.7 Å². The molecule has 0 bridgehead atoms. The molecule has 0 aliphatic heterocycles. The maximum absolute atomic E-state index is 12.4. The van der Waals surface area contributed by atoms with Crippen LogP contribution >= 0.6 is 0 Å². The van der Waals surface area contributed by atoms with Crippen molar-refractivity contribution in [3.8, 4) is 5.69 Å². The summed E-state index contributed by atoms with van der Waals surface area (Å²) in [5.41, 5.74) is 1.39. The zero-order chi connectivity index (χ0) is 19.5. The van der Waals surface area contributed by atoms with E-state index in [1.165, 1.54) is 9.36 Å². The fourth-order valence-corrected chi connectivity index (χ4v) is 2.73. The maximum Gasteiger partial charge on any atom is 0.368 e. The third-order valence-electron chi connectivity index (χ3n) is 4.17. The van der Waals surface area contributed by atoms with Crippen LogP contribution in [0.3, 0.4) is 0 Å². The van der Waals surface area contributed by atoms with E-state index in [4.69, 9.17) is 9.15 Å². The van der Waals surface area contributed by atoms with Gasteiger partial charge in [-0.3, -0.25) is 4.79 Å². The Morgan fingerprint density at radius 3 is 2.68 bits per heavy atom. The second kappa shape index (κ2) is 7.49. The first kappa shape index (κ1) is 17.7. The lowest BCUT2D eigenvalue weighted by atomic mass is 10.2. The molecule has 2 aromatic carbocycles. The molecule has 142 valence electrons. The molecule has 4 aromatic rings. The smallest absolute Gasteiger partial charge is 0.368 e. The van der Waals surface area contributed by atoms with Crippen molar-refractivity contribution in [2.24, 2.45) is 0 Å². The molecule has 0 saturated heterocycles. The minimum Gasteiger partial charge on any atom is -0.451 e. The molecule has 9 nitrogen and oxygen atoms in total. The van der Waals surface area contributed by atoms with Crippen LogP contribution in [0.4, 0.5) is 5.69 Å². The van der Waals surface area contributed by atoms with E-state index in [1.54, 1.807) is 43.5 Å². The Hall–Kier alpha value is -3.72. The number of rotatable bonds is 6. The Kier molecular flexibility index (Phi) is 4.73. The summed E-state index contributed by atoms with van der Waals surface area (Å²) in [6.45, 7) is 0.687. The number of hydrogen-bond donors (Lipinski definition) is 1. The molecule has 1 amide bonds. The standard InChI is InChI=1S/C19H17N5O4/c1-27-11-10-23-19(26)24(22-21-23)15-8-6-14(7-9-15)20-18(25)17-12-13-4-2-3-5-16(13)28-17/h2-9,12H,10-11H2,1H3,(H,20,25). The third kappa shape index (κ3) is 3.42. The first-order chi connectivity index (χ1) is 13.7. The second-order valence-electron chi connectivity index (χ2n) is 6.04. The third-order valence-corrected chi connectivity index (χ3v) is 4.17. The molecule has 2 aromatic heterocycles. The SMILES string of the molecule is COCCn1nnn(-c2ccc(NC(=O)c3cc4ccccc4o3)cc2)c1=O. The van der Waals surface area contributed by atoms with Crippen LogP contribution in [0.5, 0.6) is 0 Å². The molecule has 2 heterocycles. The minimum absolute atomic E-state index is 0.225. The molecular weight excluding hydrogens is 362 g/mol. The predicted molar refractivity (Wildman–Crippen MR) is 102 cm³/mol. The van der Waals surface area contributed by atoms with Crippen LogP contribution < -0.4 is 11.0 Å². The topological polar surface area (TPSA) is 104 Å². The number of ether oxygens (including phenoxy) is 1. The van der Waals surface area contributed by atoms with E-state index in [2.05, 4.69) is 15.7 Å². The Bertz CT molecular complexity index is 1140. The van der Waals surface area contributed by atoms with Crippen molar-refractivity contribution in [1.82, 2.24) is 19.8 Å². The number of tetrazole rings is 1. The number of nitrogens with zero attached hydrogens (tertiary/aromatic N) is 4. The average Bonchev–Trinajstić information content (AvgIpc) is 3.31. The molecule has 0 saturated carbocycles. The number of carbonyl (C=O) groups excluding carboxylic acids is 1. The van der Waals surface area contributed by atoms with Crippen LogP contribution in [-0.4, -0.2) is 39.4 Å². The maximum atomic E-state index is 12.4. The molecule has 4 rings (SSSR count). The molecule has 0 atom stereocenters. The Morgan fingerprint density at radius 1 is 1.14 bits per heavy atom. The zero-order valence-corrected chi connectivity index (χ0v) is 15.0. The van der Waals surface area contributed by atoms with Crippen molar-refractivity contribution in [1.29, 1.82) is 0 Å². The lowest BCUT2D eigenvalue weighted by Gasteiger charge is -2.04. The number of methoxy groups -OCH3 is 1. The van der Waals surface area contributed by atoms with Crippen LogP contribution in [0.2, 0.25) is 0 Å². The lowest BCUT2D eigenvalue weighted by molar-refractivity contribution is 0.0998. The number of furan rings is 1. The average molecular weight is 379 g/mol. The number of anilines is 1. The molecule has 0 unspecified atom stereocenters. The van der Waals surface area contributed by atoms with Gasteiger partial charge in [-0.25, -0.2) is 4.79 Å². The number of hydrogen-bond acceptors (Lipinski definition) is 6. The molecular formula is C19H17N5O4. The number of carbonyl (C=O) groups is 1. The molecule has 0 fully saturated rings. The van der Waals surface area contributed by atoms with Crippen LogP contribution in [0.15, 0.2) is 63.8 Å². The summed E-state index contributed by atoms with van der Waals surface area (Å²) in [4.78, 5) is 24.7. The van der Waals surface area contributed by atoms with Gasteiger partial charge in [0.1, 0.15) is 5.58 Å². The van der Waals surface area contributed by atoms with Gasteiger partial charge in [-0.1, -0.05) is 18.2 Å². The first-order valence-corrected chi connectivity index (χ1v) is 8.58. The van der Waals surface area contributed by atoms with Crippen molar-refractivity contribution in [3.05, 3.63) is 70.8 Å². The largest absolute Gasteiger partial charge is 0.451 e. The fourth-order valence-electron chi connectivity index (χ4n) is 2.73. The van der Waals surface area contributed by atoms with E-state index in [0.29, 0.717) is 30.1 Å². The Balaban J connectivity index is 1.49. The molecule has 0 aliphatic carbocycles. The number of fused-ring (bicyclic) bond motifs is 1. The van der Waals surface area contributed by atoms with Crippen LogP contribution in [-0.2, 0) is 11.3 Å². The summed E-state index contributed by atoms with van der Waals surface area (Å²) in [5, 5.41) is 11.3. The van der Waals surface area contributed by atoms with Crippen molar-refractivity contribution in [2.45, 2.75) is 6.54 Å². The summed E-state index contributed by atoms with van der Waals surface area (Å²) in [6, 6.07) is 15.8. The molecule has 0 aliphatic rings. The Morgan fingerprint density at radius 2 is 1.93 bits per heavy atom. The number of amides is 1. The van der Waals surface area contributed by atoms with Crippen molar-refractivity contribution in [3.63, 3.8) is 0 Å². The quantitative estimate of drug-likeness (QED) is 0.550. The van der Waals surface area contributed by atoms with Gasteiger partial charge < -0.3 is 14.5 Å². The van der Waals surface area contributed by atoms with Crippen LogP contribution in [0.1, 0.15) is 10.6 Å². The highest BCUT2D eigenvalue weighted by Gasteiger charge is 2.13. The van der Waals surface area contributed by atoms with Gasteiger partial charge in [0.15, 0.2) is 5.76 Å². The molecule has 0 spiro atoms. The molecule has 0 radical (unpaired) electrons. The summed E-state index contributed by atoms with van der Waals surface area (Å²) < 4.78 is 12.9. The van der Waals surface area contributed by atoms with Crippen molar-refractivity contribution < 1.29 is 13.9 Å². The van der Waals surface area contributed by atoms with Gasteiger partial charge in [0.05, 0.1) is 18.8 Å². The number of nitrogens with one attached hydrogen (secondary N) is 1. The molecule has 28 heavy (non-hydrogen) atoms. The lowest BCUT2D eigenvalue weighted by Crippen LogP contribution is -2.25. The van der Waals surface area contributed by atoms with E-state index in [1.807, 2.05) is 18.2 Å².